The second kappa shape index (κ2) is 6.58. The highest BCUT2D eigenvalue weighted by Gasteiger charge is 2.26. The molecule has 0 atom stereocenters. The molecule has 1 fully saturated rings. The Morgan fingerprint density at radius 2 is 1.81 bits per heavy atom. The molecule has 0 saturated carbocycles. The minimum atomic E-state index is -0.0383. The Bertz CT molecular complexity index is 176. The van der Waals surface area contributed by atoms with Gasteiger partial charge in [-0.2, -0.15) is 0 Å². The summed E-state index contributed by atoms with van der Waals surface area (Å²) in [6.45, 7) is 8.07. The molecule has 96 valence electrons. The van der Waals surface area contributed by atoms with Gasteiger partial charge < -0.3 is 15.3 Å². The van der Waals surface area contributed by atoms with Crippen LogP contribution in [0.1, 0.15) is 39.5 Å². The van der Waals surface area contributed by atoms with Gasteiger partial charge in [-0.25, -0.2) is 0 Å². The number of hydrogen-bond donors (Lipinski definition) is 2. The summed E-state index contributed by atoms with van der Waals surface area (Å²) < 4.78 is 0. The topological polar surface area (TPSA) is 35.5 Å². The van der Waals surface area contributed by atoms with Crippen molar-refractivity contribution in [3.05, 3.63) is 0 Å². The number of piperidine rings is 1. The number of aliphatic hydroxyl groups is 1. The molecule has 0 aliphatic carbocycles. The number of hydrogen-bond acceptors (Lipinski definition) is 3. The van der Waals surface area contributed by atoms with E-state index in [-0.39, 0.29) is 12.1 Å². The number of rotatable bonds is 6. The SMILES string of the molecule is CCC(CC)(CO)NCC1CCN(C)CC1. The Morgan fingerprint density at radius 1 is 1.25 bits per heavy atom. The normalized spacial score (nSPS) is 20.2. The molecule has 1 heterocycles. The maximum absolute atomic E-state index is 9.48. The minimum Gasteiger partial charge on any atom is -0.394 e. The molecule has 1 rings (SSSR count). The first kappa shape index (κ1) is 13.9. The summed E-state index contributed by atoms with van der Waals surface area (Å²) in [5.41, 5.74) is -0.0383. The van der Waals surface area contributed by atoms with E-state index in [1.54, 1.807) is 0 Å². The number of likely N-dealkylation sites (tertiary alicyclic amines) is 1. The standard InChI is InChI=1S/C13H28N2O/c1-4-13(5-2,11-16)14-10-12-6-8-15(3)9-7-12/h12,14,16H,4-11H2,1-3H3. The van der Waals surface area contributed by atoms with Crippen LogP contribution in [0.25, 0.3) is 0 Å². The van der Waals surface area contributed by atoms with Gasteiger partial charge in [0.2, 0.25) is 0 Å². The summed E-state index contributed by atoms with van der Waals surface area (Å²) in [4.78, 5) is 2.40. The quantitative estimate of drug-likeness (QED) is 0.722. The highest BCUT2D eigenvalue weighted by molar-refractivity contribution is 4.86. The minimum absolute atomic E-state index is 0.0383. The van der Waals surface area contributed by atoms with Crippen LogP contribution in [-0.4, -0.2) is 48.8 Å². The zero-order chi connectivity index (χ0) is 12.0. The molecule has 0 aromatic heterocycles. The van der Waals surface area contributed by atoms with Gasteiger partial charge in [-0.05, 0) is 58.3 Å². The van der Waals surface area contributed by atoms with Gasteiger partial charge in [0.15, 0.2) is 0 Å². The molecule has 3 nitrogen and oxygen atoms in total. The van der Waals surface area contributed by atoms with E-state index >= 15 is 0 Å². The van der Waals surface area contributed by atoms with Crippen molar-refractivity contribution in [3.63, 3.8) is 0 Å². The molecular weight excluding hydrogens is 200 g/mol. The highest BCUT2D eigenvalue weighted by Crippen LogP contribution is 2.19. The molecule has 16 heavy (non-hydrogen) atoms. The lowest BCUT2D eigenvalue weighted by atomic mass is 9.91. The molecule has 0 radical (unpaired) electrons. The monoisotopic (exact) mass is 228 g/mol. The van der Waals surface area contributed by atoms with E-state index in [1.165, 1.54) is 25.9 Å². The van der Waals surface area contributed by atoms with Crippen LogP contribution >= 0.6 is 0 Å². The van der Waals surface area contributed by atoms with Gasteiger partial charge in [0.25, 0.3) is 0 Å². The second-order valence-electron chi connectivity index (χ2n) is 5.27. The van der Waals surface area contributed by atoms with Gasteiger partial charge in [0, 0.05) is 5.54 Å². The van der Waals surface area contributed by atoms with E-state index in [0.717, 1.165) is 25.3 Å². The third kappa shape index (κ3) is 3.72. The first-order valence-corrected chi connectivity index (χ1v) is 6.70. The molecule has 1 saturated heterocycles. The predicted molar refractivity (Wildman–Crippen MR) is 68.6 cm³/mol. The van der Waals surface area contributed by atoms with Crippen molar-refractivity contribution in [2.75, 3.05) is 33.3 Å². The van der Waals surface area contributed by atoms with Crippen LogP contribution < -0.4 is 5.32 Å². The summed E-state index contributed by atoms with van der Waals surface area (Å²) >= 11 is 0. The zero-order valence-corrected chi connectivity index (χ0v) is 11.1. The Hall–Kier alpha value is -0.120. The molecule has 0 unspecified atom stereocenters. The lowest BCUT2D eigenvalue weighted by Gasteiger charge is -2.35. The van der Waals surface area contributed by atoms with E-state index in [4.69, 9.17) is 0 Å². The average molecular weight is 228 g/mol. The number of nitrogens with one attached hydrogen (secondary N) is 1. The Kier molecular flexibility index (Phi) is 5.73. The summed E-state index contributed by atoms with van der Waals surface area (Å²) in [6, 6.07) is 0. The zero-order valence-electron chi connectivity index (χ0n) is 11.1. The van der Waals surface area contributed by atoms with Gasteiger partial charge in [-0.1, -0.05) is 13.8 Å². The van der Waals surface area contributed by atoms with Crippen LogP contribution in [0.15, 0.2) is 0 Å². The van der Waals surface area contributed by atoms with Crippen molar-refractivity contribution in [2.24, 2.45) is 5.92 Å². The maximum atomic E-state index is 9.48. The van der Waals surface area contributed by atoms with Gasteiger partial charge in [0.05, 0.1) is 6.61 Å². The van der Waals surface area contributed by atoms with Crippen molar-refractivity contribution in [3.8, 4) is 0 Å². The fourth-order valence-corrected chi connectivity index (χ4v) is 2.41. The fraction of sp³-hybridized carbons (Fsp3) is 1.00. The van der Waals surface area contributed by atoms with E-state index in [0.29, 0.717) is 0 Å². The summed E-state index contributed by atoms with van der Waals surface area (Å²) in [5, 5.41) is 13.1. The van der Waals surface area contributed by atoms with E-state index in [1.807, 2.05) is 0 Å². The Labute approximate surface area is 100 Å². The number of nitrogens with zero attached hydrogens (tertiary/aromatic N) is 1. The summed E-state index contributed by atoms with van der Waals surface area (Å²) in [5.74, 6) is 0.792. The van der Waals surface area contributed by atoms with Gasteiger partial charge in [0.1, 0.15) is 0 Å². The van der Waals surface area contributed by atoms with Crippen molar-refractivity contribution >= 4 is 0 Å². The second-order valence-corrected chi connectivity index (χ2v) is 5.27. The molecule has 3 heteroatoms. The lowest BCUT2D eigenvalue weighted by Crippen LogP contribution is -2.50. The van der Waals surface area contributed by atoms with Crippen molar-refractivity contribution in [1.29, 1.82) is 0 Å². The Morgan fingerprint density at radius 3 is 2.25 bits per heavy atom. The molecule has 1 aliphatic heterocycles. The van der Waals surface area contributed by atoms with Crippen molar-refractivity contribution in [1.82, 2.24) is 10.2 Å². The Balaban J connectivity index is 2.32. The van der Waals surface area contributed by atoms with Crippen LogP contribution in [0.5, 0.6) is 0 Å². The lowest BCUT2D eigenvalue weighted by molar-refractivity contribution is 0.134. The third-order valence-corrected chi connectivity index (χ3v) is 4.26. The molecule has 1 aliphatic rings. The largest absolute Gasteiger partial charge is 0.394 e. The molecule has 0 bridgehead atoms. The average Bonchev–Trinajstić information content (AvgIpc) is 2.34. The van der Waals surface area contributed by atoms with Gasteiger partial charge in [-0.15, -0.1) is 0 Å². The molecule has 2 N–H and O–H groups in total. The van der Waals surface area contributed by atoms with Crippen LogP contribution in [-0.2, 0) is 0 Å². The van der Waals surface area contributed by atoms with E-state index < -0.39 is 0 Å². The smallest absolute Gasteiger partial charge is 0.0613 e. The fourth-order valence-electron chi connectivity index (χ4n) is 2.41. The van der Waals surface area contributed by atoms with Gasteiger partial charge >= 0.3 is 0 Å². The first-order chi connectivity index (χ1) is 7.65. The summed E-state index contributed by atoms with van der Waals surface area (Å²) in [6.07, 6.45) is 4.59. The van der Waals surface area contributed by atoms with Crippen LogP contribution in [0, 0.1) is 5.92 Å². The molecule has 0 aromatic carbocycles. The predicted octanol–water partition coefficient (Wildman–Crippen LogP) is 1.47. The van der Waals surface area contributed by atoms with E-state index in [9.17, 15) is 5.11 Å². The molecule has 0 aromatic rings. The number of aliphatic hydroxyl groups excluding tert-OH is 1. The van der Waals surface area contributed by atoms with Gasteiger partial charge in [-0.3, -0.25) is 0 Å². The molecular formula is C13H28N2O. The summed E-state index contributed by atoms with van der Waals surface area (Å²) in [7, 11) is 2.19. The molecule has 0 spiro atoms. The van der Waals surface area contributed by atoms with Crippen LogP contribution in [0.3, 0.4) is 0 Å². The molecule has 0 amide bonds. The maximum Gasteiger partial charge on any atom is 0.0613 e. The van der Waals surface area contributed by atoms with E-state index in [2.05, 4.69) is 31.1 Å². The first-order valence-electron chi connectivity index (χ1n) is 6.70. The third-order valence-electron chi connectivity index (χ3n) is 4.26. The van der Waals surface area contributed by atoms with Crippen LogP contribution in [0.4, 0.5) is 0 Å². The van der Waals surface area contributed by atoms with Crippen molar-refractivity contribution in [2.45, 2.75) is 45.1 Å². The van der Waals surface area contributed by atoms with Crippen molar-refractivity contribution < 1.29 is 5.11 Å². The highest BCUT2D eigenvalue weighted by atomic mass is 16.3. The van der Waals surface area contributed by atoms with Crippen LogP contribution in [0.2, 0.25) is 0 Å².